The van der Waals surface area contributed by atoms with Crippen molar-refractivity contribution < 1.29 is 14.2 Å². The Balaban J connectivity index is 1.45. The molecule has 0 amide bonds. The summed E-state index contributed by atoms with van der Waals surface area (Å²) in [7, 11) is 1.63. The highest BCUT2D eigenvalue weighted by Gasteiger charge is 2.10. The molecule has 0 N–H and O–H groups in total. The van der Waals surface area contributed by atoms with E-state index >= 15 is 0 Å². The van der Waals surface area contributed by atoms with Crippen molar-refractivity contribution in [1.82, 2.24) is 4.57 Å². The van der Waals surface area contributed by atoms with Crippen LogP contribution in [0.3, 0.4) is 0 Å². The van der Waals surface area contributed by atoms with Crippen LogP contribution >= 0.6 is 0 Å². The van der Waals surface area contributed by atoms with Crippen molar-refractivity contribution in [2.24, 2.45) is 0 Å². The van der Waals surface area contributed by atoms with Gasteiger partial charge in [-0.3, -0.25) is 4.79 Å². The Labute approximate surface area is 181 Å². The maximum Gasteiger partial charge on any atom is 0.223 e. The Hall–Kier alpha value is -3.73. The van der Waals surface area contributed by atoms with Crippen LogP contribution in [0.25, 0.3) is 10.8 Å². The number of ether oxygens (including phenoxy) is 3. The lowest BCUT2D eigenvalue weighted by Gasteiger charge is -2.16. The summed E-state index contributed by atoms with van der Waals surface area (Å²) in [6, 6.07) is 23.3. The van der Waals surface area contributed by atoms with E-state index in [0.717, 1.165) is 33.5 Å². The Morgan fingerprint density at radius 2 is 1.58 bits per heavy atom. The summed E-state index contributed by atoms with van der Waals surface area (Å²) in [5.41, 5.74) is 1.71. The SMILES string of the molecule is COc1ccc(OCCn2ccc(=O)c(OCc3cccc4ccccc34)c2C)cc1. The van der Waals surface area contributed by atoms with Crippen LogP contribution in [0, 0.1) is 6.92 Å². The van der Waals surface area contributed by atoms with Crippen molar-refractivity contribution in [2.75, 3.05) is 13.7 Å². The number of hydrogen-bond donors (Lipinski definition) is 0. The number of nitrogens with zero attached hydrogens (tertiary/aromatic N) is 1. The minimum Gasteiger partial charge on any atom is -0.497 e. The van der Waals surface area contributed by atoms with Crippen molar-refractivity contribution in [3.63, 3.8) is 0 Å². The van der Waals surface area contributed by atoms with Crippen LogP contribution in [-0.4, -0.2) is 18.3 Å². The number of benzene rings is 3. The Kier molecular flexibility index (Phi) is 6.22. The first-order valence-corrected chi connectivity index (χ1v) is 10.2. The second kappa shape index (κ2) is 9.39. The van der Waals surface area contributed by atoms with Crippen LogP contribution in [-0.2, 0) is 13.2 Å². The predicted octanol–water partition coefficient (Wildman–Crippen LogP) is 4.98. The van der Waals surface area contributed by atoms with Gasteiger partial charge in [0.15, 0.2) is 5.75 Å². The predicted molar refractivity (Wildman–Crippen MR) is 122 cm³/mol. The van der Waals surface area contributed by atoms with E-state index in [4.69, 9.17) is 14.2 Å². The lowest BCUT2D eigenvalue weighted by Crippen LogP contribution is -2.17. The second-order valence-electron chi connectivity index (χ2n) is 7.24. The summed E-state index contributed by atoms with van der Waals surface area (Å²) in [6.45, 7) is 3.30. The standard InChI is InChI=1S/C26H25NO4/c1-19-26(31-18-21-8-5-7-20-6-3-4-9-24(20)21)25(28)14-15-27(19)16-17-30-23-12-10-22(29-2)11-13-23/h3-15H,16-18H2,1-2H3. The second-order valence-corrected chi connectivity index (χ2v) is 7.24. The van der Waals surface area contributed by atoms with Gasteiger partial charge in [-0.1, -0.05) is 42.5 Å². The zero-order valence-corrected chi connectivity index (χ0v) is 17.7. The highest BCUT2D eigenvalue weighted by atomic mass is 16.5. The molecule has 1 heterocycles. The van der Waals surface area contributed by atoms with Gasteiger partial charge in [0.1, 0.15) is 24.7 Å². The molecule has 0 fully saturated rings. The van der Waals surface area contributed by atoms with Crippen LogP contribution in [0.4, 0.5) is 0 Å². The molecule has 0 saturated heterocycles. The van der Waals surface area contributed by atoms with E-state index < -0.39 is 0 Å². The summed E-state index contributed by atoms with van der Waals surface area (Å²) >= 11 is 0. The van der Waals surface area contributed by atoms with Gasteiger partial charge in [-0.15, -0.1) is 0 Å². The van der Waals surface area contributed by atoms with E-state index in [1.54, 1.807) is 19.4 Å². The molecule has 0 atom stereocenters. The number of methoxy groups -OCH3 is 1. The number of rotatable bonds is 8. The molecule has 1 aromatic heterocycles. The third-order valence-corrected chi connectivity index (χ3v) is 5.30. The minimum atomic E-state index is -0.120. The molecule has 4 rings (SSSR count). The van der Waals surface area contributed by atoms with Crippen molar-refractivity contribution >= 4 is 10.8 Å². The first-order valence-electron chi connectivity index (χ1n) is 10.2. The lowest BCUT2D eigenvalue weighted by atomic mass is 10.1. The molecule has 0 spiro atoms. The molecule has 0 bridgehead atoms. The average molecular weight is 415 g/mol. The molecular formula is C26H25NO4. The van der Waals surface area contributed by atoms with Gasteiger partial charge >= 0.3 is 0 Å². The minimum absolute atomic E-state index is 0.120. The van der Waals surface area contributed by atoms with Gasteiger partial charge in [0.05, 0.1) is 19.3 Å². The first kappa shape index (κ1) is 20.5. The number of aromatic nitrogens is 1. The molecule has 31 heavy (non-hydrogen) atoms. The zero-order chi connectivity index (χ0) is 21.6. The molecule has 5 heteroatoms. The molecule has 0 aliphatic heterocycles. The summed E-state index contributed by atoms with van der Waals surface area (Å²) < 4.78 is 19.0. The van der Waals surface area contributed by atoms with Crippen molar-refractivity contribution in [3.8, 4) is 17.2 Å². The number of pyridine rings is 1. The van der Waals surface area contributed by atoms with Gasteiger partial charge in [-0.05, 0) is 47.5 Å². The monoisotopic (exact) mass is 415 g/mol. The highest BCUT2D eigenvalue weighted by Crippen LogP contribution is 2.21. The Morgan fingerprint density at radius 3 is 2.39 bits per heavy atom. The fourth-order valence-corrected chi connectivity index (χ4v) is 3.57. The summed E-state index contributed by atoms with van der Waals surface area (Å²) in [4.78, 5) is 12.5. The molecule has 0 saturated carbocycles. The maximum atomic E-state index is 12.5. The van der Waals surface area contributed by atoms with Gasteiger partial charge in [0.2, 0.25) is 5.43 Å². The van der Waals surface area contributed by atoms with Gasteiger partial charge < -0.3 is 18.8 Å². The molecule has 0 unspecified atom stereocenters. The van der Waals surface area contributed by atoms with E-state index in [9.17, 15) is 4.79 Å². The van der Waals surface area contributed by atoms with Gasteiger partial charge in [-0.25, -0.2) is 0 Å². The van der Waals surface area contributed by atoms with Crippen molar-refractivity contribution in [3.05, 3.63) is 100 Å². The summed E-state index contributed by atoms with van der Waals surface area (Å²) in [5.74, 6) is 1.93. The van der Waals surface area contributed by atoms with E-state index in [1.165, 1.54) is 0 Å². The maximum absolute atomic E-state index is 12.5. The highest BCUT2D eigenvalue weighted by molar-refractivity contribution is 5.85. The summed E-state index contributed by atoms with van der Waals surface area (Å²) in [6.07, 6.45) is 1.78. The molecule has 4 aromatic rings. The fraction of sp³-hybridized carbons (Fsp3) is 0.192. The number of hydrogen-bond acceptors (Lipinski definition) is 4. The van der Waals surface area contributed by atoms with E-state index in [1.807, 2.05) is 60.0 Å². The van der Waals surface area contributed by atoms with Crippen LogP contribution in [0.15, 0.2) is 83.8 Å². The topological polar surface area (TPSA) is 49.7 Å². The molecule has 0 aliphatic rings. The lowest BCUT2D eigenvalue weighted by molar-refractivity contribution is 0.283. The van der Waals surface area contributed by atoms with Gasteiger partial charge in [-0.2, -0.15) is 0 Å². The van der Waals surface area contributed by atoms with E-state index in [-0.39, 0.29) is 5.43 Å². The smallest absolute Gasteiger partial charge is 0.223 e. The van der Waals surface area contributed by atoms with Gasteiger partial charge in [0.25, 0.3) is 0 Å². The van der Waals surface area contributed by atoms with Crippen LogP contribution in [0.1, 0.15) is 11.3 Å². The molecule has 3 aromatic carbocycles. The van der Waals surface area contributed by atoms with Crippen LogP contribution in [0.2, 0.25) is 0 Å². The van der Waals surface area contributed by atoms with Crippen LogP contribution < -0.4 is 19.6 Å². The van der Waals surface area contributed by atoms with Crippen molar-refractivity contribution in [2.45, 2.75) is 20.1 Å². The van der Waals surface area contributed by atoms with Crippen molar-refractivity contribution in [1.29, 1.82) is 0 Å². The Bertz CT molecular complexity index is 1220. The first-order chi connectivity index (χ1) is 15.2. The van der Waals surface area contributed by atoms with Crippen LogP contribution in [0.5, 0.6) is 17.2 Å². The third kappa shape index (κ3) is 4.72. The third-order valence-electron chi connectivity index (χ3n) is 5.30. The van der Waals surface area contributed by atoms with Gasteiger partial charge in [0, 0.05) is 12.3 Å². The zero-order valence-electron chi connectivity index (χ0n) is 17.7. The molecule has 0 aliphatic carbocycles. The normalized spacial score (nSPS) is 10.8. The fourth-order valence-electron chi connectivity index (χ4n) is 3.57. The molecule has 158 valence electrons. The molecular weight excluding hydrogens is 390 g/mol. The quantitative estimate of drug-likeness (QED) is 0.407. The molecule has 0 radical (unpaired) electrons. The average Bonchev–Trinajstić information content (AvgIpc) is 2.81. The number of fused-ring (bicyclic) bond motifs is 1. The van der Waals surface area contributed by atoms with E-state index in [0.29, 0.717) is 25.5 Å². The molecule has 5 nitrogen and oxygen atoms in total. The summed E-state index contributed by atoms with van der Waals surface area (Å²) in [5, 5.41) is 2.29. The Morgan fingerprint density at radius 1 is 0.839 bits per heavy atom. The largest absolute Gasteiger partial charge is 0.497 e. The van der Waals surface area contributed by atoms with E-state index in [2.05, 4.69) is 18.2 Å².